The van der Waals surface area contributed by atoms with Gasteiger partial charge in [-0.25, -0.2) is 9.59 Å². The maximum atomic E-state index is 11.6. The molecule has 3 N–H and O–H groups in total. The van der Waals surface area contributed by atoms with E-state index in [0.717, 1.165) is 19.3 Å². The summed E-state index contributed by atoms with van der Waals surface area (Å²) in [6.45, 7) is 3.85. The summed E-state index contributed by atoms with van der Waals surface area (Å²) in [6, 6.07) is -1.44. The van der Waals surface area contributed by atoms with Gasteiger partial charge >= 0.3 is 12.0 Å². The second-order valence-corrected chi connectivity index (χ2v) is 4.48. The molecule has 1 aliphatic rings. The van der Waals surface area contributed by atoms with Crippen molar-refractivity contribution in [2.45, 2.75) is 37.3 Å². The summed E-state index contributed by atoms with van der Waals surface area (Å²) in [7, 11) is 1.62. The highest BCUT2D eigenvalue weighted by atomic mass is 16.5. The van der Waals surface area contributed by atoms with E-state index < -0.39 is 18.0 Å². The standard InChI is InChI=1S/C12H20N2O4/c1-3-5-9(10(15)16)14-11(17)13-8-12(18-2)6-4-7-12/h3,9H,1,4-8H2,2H3,(H,15,16)(H2,13,14,17). The number of aliphatic carboxylic acids is 1. The van der Waals surface area contributed by atoms with E-state index in [1.807, 2.05) is 0 Å². The lowest BCUT2D eigenvalue weighted by Gasteiger charge is -2.40. The van der Waals surface area contributed by atoms with Crippen LogP contribution in [0.25, 0.3) is 0 Å². The Morgan fingerprint density at radius 1 is 1.56 bits per heavy atom. The Morgan fingerprint density at radius 3 is 2.61 bits per heavy atom. The summed E-state index contributed by atoms with van der Waals surface area (Å²) in [4.78, 5) is 22.4. The molecule has 0 aromatic heterocycles. The van der Waals surface area contributed by atoms with Gasteiger partial charge in [-0.3, -0.25) is 0 Å². The van der Waals surface area contributed by atoms with Gasteiger partial charge in [0.2, 0.25) is 0 Å². The van der Waals surface area contributed by atoms with E-state index in [1.165, 1.54) is 6.08 Å². The van der Waals surface area contributed by atoms with E-state index in [-0.39, 0.29) is 12.0 Å². The first-order chi connectivity index (χ1) is 8.53. The minimum absolute atomic E-state index is 0.193. The smallest absolute Gasteiger partial charge is 0.326 e. The van der Waals surface area contributed by atoms with Gasteiger partial charge in [-0.05, 0) is 25.7 Å². The van der Waals surface area contributed by atoms with Crippen molar-refractivity contribution in [3.05, 3.63) is 12.7 Å². The number of ether oxygens (including phenoxy) is 1. The lowest BCUT2D eigenvalue weighted by atomic mass is 9.80. The maximum absolute atomic E-state index is 11.6. The van der Waals surface area contributed by atoms with E-state index in [9.17, 15) is 9.59 Å². The zero-order valence-corrected chi connectivity index (χ0v) is 10.6. The number of carbonyl (C=O) groups excluding carboxylic acids is 1. The predicted octanol–water partition coefficient (Wildman–Crippen LogP) is 0.884. The Bertz CT molecular complexity index is 321. The van der Waals surface area contributed by atoms with Gasteiger partial charge in [-0.15, -0.1) is 6.58 Å². The molecule has 102 valence electrons. The van der Waals surface area contributed by atoms with Gasteiger partial charge in [0, 0.05) is 13.7 Å². The number of nitrogens with one attached hydrogen (secondary N) is 2. The highest BCUT2D eigenvalue weighted by molar-refractivity contribution is 5.82. The van der Waals surface area contributed by atoms with Gasteiger partial charge in [0.15, 0.2) is 0 Å². The summed E-state index contributed by atoms with van der Waals surface area (Å²) in [5.74, 6) is -1.07. The Morgan fingerprint density at radius 2 is 2.22 bits per heavy atom. The normalized spacial score (nSPS) is 18.3. The number of rotatable bonds is 7. The maximum Gasteiger partial charge on any atom is 0.326 e. The van der Waals surface area contributed by atoms with Gasteiger partial charge in [-0.1, -0.05) is 6.08 Å². The number of urea groups is 1. The van der Waals surface area contributed by atoms with E-state index >= 15 is 0 Å². The molecule has 0 saturated heterocycles. The molecule has 0 radical (unpaired) electrons. The van der Waals surface area contributed by atoms with Gasteiger partial charge in [0.1, 0.15) is 6.04 Å². The van der Waals surface area contributed by atoms with E-state index in [2.05, 4.69) is 17.2 Å². The summed E-state index contributed by atoms with van der Waals surface area (Å²) >= 11 is 0. The van der Waals surface area contributed by atoms with E-state index in [0.29, 0.717) is 6.54 Å². The zero-order valence-electron chi connectivity index (χ0n) is 10.6. The van der Waals surface area contributed by atoms with Crippen LogP contribution >= 0.6 is 0 Å². The fraction of sp³-hybridized carbons (Fsp3) is 0.667. The Labute approximate surface area is 106 Å². The number of carbonyl (C=O) groups is 2. The molecule has 0 spiro atoms. The topological polar surface area (TPSA) is 87.7 Å². The van der Waals surface area contributed by atoms with E-state index in [4.69, 9.17) is 9.84 Å². The van der Waals surface area contributed by atoms with Crippen LogP contribution in [0, 0.1) is 0 Å². The molecule has 1 atom stereocenters. The fourth-order valence-corrected chi connectivity index (χ4v) is 1.86. The first kappa shape index (κ1) is 14.5. The average Bonchev–Trinajstić information content (AvgIpc) is 2.27. The van der Waals surface area contributed by atoms with Crippen molar-refractivity contribution < 1.29 is 19.4 Å². The molecule has 1 rings (SSSR count). The molecule has 1 aliphatic carbocycles. The molecular weight excluding hydrogens is 236 g/mol. The molecule has 1 unspecified atom stereocenters. The summed E-state index contributed by atoms with van der Waals surface area (Å²) < 4.78 is 5.35. The van der Waals surface area contributed by atoms with Crippen molar-refractivity contribution in [1.29, 1.82) is 0 Å². The second-order valence-electron chi connectivity index (χ2n) is 4.48. The molecule has 1 fully saturated rings. The molecule has 18 heavy (non-hydrogen) atoms. The Hall–Kier alpha value is -1.56. The van der Waals surface area contributed by atoms with Crippen LogP contribution in [-0.4, -0.2) is 42.4 Å². The van der Waals surface area contributed by atoms with Crippen molar-refractivity contribution in [3.63, 3.8) is 0 Å². The Kier molecular flexibility index (Phi) is 5.15. The van der Waals surface area contributed by atoms with Crippen molar-refractivity contribution in [3.8, 4) is 0 Å². The van der Waals surface area contributed by atoms with Crippen molar-refractivity contribution >= 4 is 12.0 Å². The van der Waals surface area contributed by atoms with Crippen LogP contribution in [0.4, 0.5) is 4.79 Å². The third-order valence-corrected chi connectivity index (χ3v) is 3.27. The molecule has 2 amide bonds. The van der Waals surface area contributed by atoms with Gasteiger partial charge in [0.25, 0.3) is 0 Å². The van der Waals surface area contributed by atoms with Crippen LogP contribution in [0.2, 0.25) is 0 Å². The van der Waals surface area contributed by atoms with Crippen LogP contribution in [0.3, 0.4) is 0 Å². The predicted molar refractivity (Wildman–Crippen MR) is 66.4 cm³/mol. The number of hydrogen-bond donors (Lipinski definition) is 3. The highest BCUT2D eigenvalue weighted by Crippen LogP contribution is 2.34. The first-order valence-corrected chi connectivity index (χ1v) is 5.96. The van der Waals surface area contributed by atoms with Crippen LogP contribution in [-0.2, 0) is 9.53 Å². The second kappa shape index (κ2) is 6.39. The molecule has 0 aromatic rings. The average molecular weight is 256 g/mol. The van der Waals surface area contributed by atoms with E-state index in [1.54, 1.807) is 7.11 Å². The number of carboxylic acid groups (broad SMARTS) is 1. The number of hydrogen-bond acceptors (Lipinski definition) is 3. The van der Waals surface area contributed by atoms with Crippen LogP contribution in [0.15, 0.2) is 12.7 Å². The largest absolute Gasteiger partial charge is 0.480 e. The fourth-order valence-electron chi connectivity index (χ4n) is 1.86. The summed E-state index contributed by atoms with van der Waals surface area (Å²) in [5.41, 5.74) is -0.269. The lowest BCUT2D eigenvalue weighted by Crippen LogP contribution is -2.53. The number of methoxy groups -OCH3 is 1. The summed E-state index contributed by atoms with van der Waals surface area (Å²) in [5, 5.41) is 13.9. The summed E-state index contributed by atoms with van der Waals surface area (Å²) in [6.07, 6.45) is 4.57. The van der Waals surface area contributed by atoms with Crippen molar-refractivity contribution in [1.82, 2.24) is 10.6 Å². The monoisotopic (exact) mass is 256 g/mol. The SMILES string of the molecule is C=CCC(NC(=O)NCC1(OC)CCC1)C(=O)O. The van der Waals surface area contributed by atoms with Crippen LogP contribution in [0.1, 0.15) is 25.7 Å². The molecule has 6 nitrogen and oxygen atoms in total. The van der Waals surface area contributed by atoms with Crippen molar-refractivity contribution in [2.75, 3.05) is 13.7 Å². The lowest BCUT2D eigenvalue weighted by molar-refractivity contribution is -0.139. The van der Waals surface area contributed by atoms with Crippen LogP contribution in [0.5, 0.6) is 0 Å². The van der Waals surface area contributed by atoms with Gasteiger partial charge in [-0.2, -0.15) is 0 Å². The molecule has 0 heterocycles. The molecule has 0 aliphatic heterocycles. The van der Waals surface area contributed by atoms with Gasteiger partial charge in [0.05, 0.1) is 5.60 Å². The molecular formula is C12H20N2O4. The first-order valence-electron chi connectivity index (χ1n) is 5.96. The Balaban J connectivity index is 2.36. The zero-order chi connectivity index (χ0) is 13.6. The van der Waals surface area contributed by atoms with Gasteiger partial charge < -0.3 is 20.5 Å². The molecule has 0 aromatic carbocycles. The van der Waals surface area contributed by atoms with Crippen molar-refractivity contribution in [2.24, 2.45) is 0 Å². The third-order valence-electron chi connectivity index (χ3n) is 3.27. The number of carboxylic acids is 1. The third kappa shape index (κ3) is 3.73. The minimum atomic E-state index is -1.07. The minimum Gasteiger partial charge on any atom is -0.480 e. The molecule has 1 saturated carbocycles. The molecule has 0 bridgehead atoms. The number of amides is 2. The highest BCUT2D eigenvalue weighted by Gasteiger charge is 2.37. The molecule has 6 heteroatoms. The van der Waals surface area contributed by atoms with Crippen LogP contribution < -0.4 is 10.6 Å². The quantitative estimate of drug-likeness (QED) is 0.590.